The molecule has 0 aliphatic carbocycles. The highest BCUT2D eigenvalue weighted by Crippen LogP contribution is 2.32. The van der Waals surface area contributed by atoms with Crippen molar-refractivity contribution < 1.29 is 27.8 Å². The van der Waals surface area contributed by atoms with E-state index in [4.69, 9.17) is 9.47 Å². The van der Waals surface area contributed by atoms with Gasteiger partial charge in [-0.25, -0.2) is 8.42 Å². The van der Waals surface area contributed by atoms with Crippen LogP contribution in [0.15, 0.2) is 41.3 Å². The van der Waals surface area contributed by atoms with Crippen LogP contribution in [0.4, 0.5) is 5.69 Å². The van der Waals surface area contributed by atoms with Gasteiger partial charge >= 0.3 is 0 Å². The molecule has 0 spiro atoms. The summed E-state index contributed by atoms with van der Waals surface area (Å²) in [6.07, 6.45) is 0.713. The van der Waals surface area contributed by atoms with Gasteiger partial charge in [0.25, 0.3) is 10.0 Å². The van der Waals surface area contributed by atoms with Crippen LogP contribution in [-0.2, 0) is 10.0 Å². The number of anilines is 1. The number of ether oxygens (including phenoxy) is 2. The summed E-state index contributed by atoms with van der Waals surface area (Å²) in [6.45, 7) is 2.62. The van der Waals surface area contributed by atoms with Gasteiger partial charge < -0.3 is 19.4 Å². The first-order valence-electron chi connectivity index (χ1n) is 7.61. The summed E-state index contributed by atoms with van der Waals surface area (Å²) in [6, 6.07) is 8.44. The van der Waals surface area contributed by atoms with Gasteiger partial charge in [-0.05, 0) is 36.2 Å². The molecule has 0 amide bonds. The molecule has 0 saturated carbocycles. The summed E-state index contributed by atoms with van der Waals surface area (Å²) in [5.74, 6) is -0.525. The van der Waals surface area contributed by atoms with Crippen molar-refractivity contribution in [2.45, 2.75) is 18.2 Å². The van der Waals surface area contributed by atoms with E-state index in [0.717, 1.165) is 0 Å². The molecule has 1 N–H and O–H groups in total. The second-order valence-electron chi connectivity index (χ2n) is 5.58. The number of rotatable bonds is 4. The first kappa shape index (κ1) is 17.1. The van der Waals surface area contributed by atoms with E-state index in [1.54, 1.807) is 13.0 Å². The zero-order valence-electron chi connectivity index (χ0n) is 13.4. The van der Waals surface area contributed by atoms with Crippen molar-refractivity contribution in [3.05, 3.63) is 47.5 Å². The number of aromatic carboxylic acids is 1. The molecule has 2 aromatic rings. The molecular formula is C17H16NO6S-. The summed E-state index contributed by atoms with van der Waals surface area (Å²) in [7, 11) is -3.92. The predicted octanol–water partition coefficient (Wildman–Crippen LogP) is 1.32. The van der Waals surface area contributed by atoms with Crippen LogP contribution in [0.2, 0.25) is 0 Å². The van der Waals surface area contributed by atoms with Gasteiger partial charge in [-0.3, -0.25) is 4.72 Å². The van der Waals surface area contributed by atoms with Gasteiger partial charge in [-0.2, -0.15) is 0 Å². The number of fused-ring (bicyclic) bond motifs is 1. The van der Waals surface area contributed by atoms with Crippen LogP contribution < -0.4 is 19.3 Å². The lowest BCUT2D eigenvalue weighted by Crippen LogP contribution is -2.22. The number of aryl methyl sites for hydroxylation is 1. The molecule has 0 fully saturated rings. The Morgan fingerprint density at radius 3 is 2.52 bits per heavy atom. The van der Waals surface area contributed by atoms with Gasteiger partial charge in [0.2, 0.25) is 0 Å². The quantitative estimate of drug-likeness (QED) is 0.879. The maximum Gasteiger partial charge on any atom is 0.262 e. The Morgan fingerprint density at radius 2 is 1.80 bits per heavy atom. The summed E-state index contributed by atoms with van der Waals surface area (Å²) in [5.41, 5.74) is 0.652. The SMILES string of the molecule is Cc1ccc(C(=O)[O-])cc1NS(=O)(=O)c1ccc2c(c1)OCCCO2. The molecule has 0 aromatic heterocycles. The molecule has 1 aliphatic heterocycles. The van der Waals surface area contributed by atoms with Crippen LogP contribution >= 0.6 is 0 Å². The van der Waals surface area contributed by atoms with Crippen molar-refractivity contribution in [3.8, 4) is 11.5 Å². The minimum absolute atomic E-state index is 0.00463. The lowest BCUT2D eigenvalue weighted by molar-refractivity contribution is -0.255. The van der Waals surface area contributed by atoms with E-state index < -0.39 is 16.0 Å². The Hall–Kier alpha value is -2.74. The standard InChI is InChI=1S/C17H17NO6S/c1-11-3-4-12(17(19)20)9-14(11)18-25(21,22)13-5-6-15-16(10-13)24-8-2-7-23-15/h3-6,9-10,18H,2,7-8H2,1H3,(H,19,20)/p-1. The van der Waals surface area contributed by atoms with Crippen LogP contribution in [0.25, 0.3) is 0 Å². The van der Waals surface area contributed by atoms with Crippen LogP contribution in [0.3, 0.4) is 0 Å². The minimum Gasteiger partial charge on any atom is -0.545 e. The number of sulfonamides is 1. The van der Waals surface area contributed by atoms with Gasteiger partial charge in [0.1, 0.15) is 0 Å². The Kier molecular flexibility index (Phi) is 4.54. The number of nitrogens with one attached hydrogen (secondary N) is 1. The Morgan fingerprint density at radius 1 is 1.08 bits per heavy atom. The molecule has 132 valence electrons. The number of hydrogen-bond acceptors (Lipinski definition) is 6. The number of carboxylic acids is 1. The van der Waals surface area contributed by atoms with E-state index in [1.807, 2.05) is 0 Å². The monoisotopic (exact) mass is 362 g/mol. The van der Waals surface area contributed by atoms with E-state index in [2.05, 4.69) is 4.72 Å². The molecule has 2 aromatic carbocycles. The van der Waals surface area contributed by atoms with E-state index in [-0.39, 0.29) is 16.1 Å². The maximum absolute atomic E-state index is 12.6. The average molecular weight is 362 g/mol. The van der Waals surface area contributed by atoms with Gasteiger partial charge in [0, 0.05) is 12.5 Å². The van der Waals surface area contributed by atoms with Crippen molar-refractivity contribution in [3.63, 3.8) is 0 Å². The molecule has 8 heteroatoms. The van der Waals surface area contributed by atoms with Crippen molar-refractivity contribution in [2.75, 3.05) is 17.9 Å². The summed E-state index contributed by atoms with van der Waals surface area (Å²) in [5, 5.41) is 11.0. The Bertz CT molecular complexity index is 923. The zero-order valence-corrected chi connectivity index (χ0v) is 14.3. The lowest BCUT2D eigenvalue weighted by atomic mass is 10.1. The van der Waals surface area contributed by atoms with Gasteiger partial charge in [-0.1, -0.05) is 12.1 Å². The van der Waals surface area contributed by atoms with Crippen LogP contribution in [0.1, 0.15) is 22.3 Å². The van der Waals surface area contributed by atoms with Gasteiger partial charge in [-0.15, -0.1) is 0 Å². The molecule has 0 bridgehead atoms. The molecule has 0 unspecified atom stereocenters. The number of carboxylic acid groups (broad SMARTS) is 1. The largest absolute Gasteiger partial charge is 0.545 e. The fourth-order valence-electron chi connectivity index (χ4n) is 2.37. The zero-order chi connectivity index (χ0) is 18.0. The molecular weight excluding hydrogens is 346 g/mol. The fraction of sp³-hybridized carbons (Fsp3) is 0.235. The summed E-state index contributed by atoms with van der Waals surface area (Å²) < 4.78 is 38.7. The van der Waals surface area contributed by atoms with Crippen LogP contribution in [0, 0.1) is 6.92 Å². The molecule has 0 radical (unpaired) electrons. The van der Waals surface area contributed by atoms with Crippen molar-refractivity contribution >= 4 is 21.7 Å². The summed E-state index contributed by atoms with van der Waals surface area (Å²) >= 11 is 0. The summed E-state index contributed by atoms with van der Waals surface area (Å²) in [4.78, 5) is 11.0. The fourth-order valence-corrected chi connectivity index (χ4v) is 3.51. The highest BCUT2D eigenvalue weighted by Gasteiger charge is 2.19. The Labute approximate surface area is 145 Å². The molecule has 0 atom stereocenters. The number of carbonyl (C=O) groups is 1. The second-order valence-corrected chi connectivity index (χ2v) is 7.26. The van der Waals surface area contributed by atoms with Crippen molar-refractivity contribution in [2.24, 2.45) is 0 Å². The first-order valence-corrected chi connectivity index (χ1v) is 9.09. The second kappa shape index (κ2) is 6.64. The highest BCUT2D eigenvalue weighted by molar-refractivity contribution is 7.92. The molecule has 1 heterocycles. The first-order chi connectivity index (χ1) is 11.9. The molecule has 7 nitrogen and oxygen atoms in total. The third kappa shape index (κ3) is 3.69. The van der Waals surface area contributed by atoms with E-state index >= 15 is 0 Å². The smallest absolute Gasteiger partial charge is 0.262 e. The molecule has 0 saturated heterocycles. The Balaban J connectivity index is 1.94. The topological polar surface area (TPSA) is 105 Å². The molecule has 3 rings (SSSR count). The maximum atomic E-state index is 12.6. The normalized spacial score (nSPS) is 13.8. The number of hydrogen-bond donors (Lipinski definition) is 1. The highest BCUT2D eigenvalue weighted by atomic mass is 32.2. The van der Waals surface area contributed by atoms with Crippen molar-refractivity contribution in [1.82, 2.24) is 0 Å². The number of carbonyl (C=O) groups excluding carboxylic acids is 1. The van der Waals surface area contributed by atoms with Crippen LogP contribution in [-0.4, -0.2) is 27.6 Å². The molecule has 1 aliphatic rings. The van der Waals surface area contributed by atoms with E-state index in [1.165, 1.54) is 30.3 Å². The minimum atomic E-state index is -3.92. The predicted molar refractivity (Wildman–Crippen MR) is 88.4 cm³/mol. The lowest BCUT2D eigenvalue weighted by Gasteiger charge is -2.14. The van der Waals surface area contributed by atoms with Gasteiger partial charge in [0.05, 0.1) is 29.8 Å². The van der Waals surface area contributed by atoms with E-state index in [9.17, 15) is 18.3 Å². The third-order valence-electron chi connectivity index (χ3n) is 3.75. The third-order valence-corrected chi connectivity index (χ3v) is 5.11. The van der Waals surface area contributed by atoms with E-state index in [0.29, 0.717) is 36.7 Å². The van der Waals surface area contributed by atoms with Crippen LogP contribution in [0.5, 0.6) is 11.5 Å². The number of benzene rings is 2. The average Bonchev–Trinajstić information content (AvgIpc) is 2.81. The van der Waals surface area contributed by atoms with Gasteiger partial charge in [0.15, 0.2) is 11.5 Å². The molecule has 25 heavy (non-hydrogen) atoms. The van der Waals surface area contributed by atoms with Crippen molar-refractivity contribution in [1.29, 1.82) is 0 Å².